The molecule has 0 aliphatic carbocycles. The van der Waals surface area contributed by atoms with Gasteiger partial charge >= 0.3 is 0 Å². The van der Waals surface area contributed by atoms with Gasteiger partial charge in [-0.15, -0.1) is 0 Å². The Bertz CT molecular complexity index is 409. The number of hydrogen-bond acceptors (Lipinski definition) is 2. The van der Waals surface area contributed by atoms with Crippen LogP contribution in [0.1, 0.15) is 61.0 Å². The topological polar surface area (TPSA) is 18.5 Å². The molecule has 0 saturated carbocycles. The van der Waals surface area contributed by atoms with Gasteiger partial charge in [-0.05, 0) is 23.3 Å². The van der Waals surface area contributed by atoms with Crippen LogP contribution >= 0.6 is 0 Å². The maximum atomic E-state index is 5.76. The highest BCUT2D eigenvalue weighted by Gasteiger charge is 2.51. The van der Waals surface area contributed by atoms with Gasteiger partial charge in [-0.3, -0.25) is 0 Å². The molecule has 0 saturated heterocycles. The van der Waals surface area contributed by atoms with Crippen LogP contribution in [-0.2, 0) is 16.4 Å². The van der Waals surface area contributed by atoms with Crippen molar-refractivity contribution in [1.82, 2.24) is 0 Å². The predicted octanol–water partition coefficient (Wildman–Crippen LogP) is 5.62. The fraction of sp³-hybridized carbons (Fsp3) is 0.684. The second-order valence-corrected chi connectivity index (χ2v) is 8.19. The normalized spacial score (nSPS) is 15.0. The van der Waals surface area contributed by atoms with E-state index < -0.39 is 0 Å². The quantitative estimate of drug-likeness (QED) is 0.518. The maximum absolute atomic E-state index is 5.76. The molecule has 21 heavy (non-hydrogen) atoms. The van der Waals surface area contributed by atoms with Crippen LogP contribution in [0.25, 0.3) is 0 Å². The van der Waals surface area contributed by atoms with Crippen molar-refractivity contribution in [1.29, 1.82) is 0 Å². The Kier molecular flexibility index (Phi) is 5.63. The average Bonchev–Trinajstić information content (AvgIpc) is 2.36. The molecule has 0 spiro atoms. The van der Waals surface area contributed by atoms with Gasteiger partial charge in [0.1, 0.15) is 6.61 Å². The Morgan fingerprint density at radius 3 is 1.76 bits per heavy atom. The van der Waals surface area contributed by atoms with Gasteiger partial charge in [0.25, 0.3) is 0 Å². The lowest BCUT2D eigenvalue weighted by Crippen LogP contribution is -2.52. The van der Waals surface area contributed by atoms with Crippen LogP contribution in [0.15, 0.2) is 30.3 Å². The van der Waals surface area contributed by atoms with Crippen molar-refractivity contribution < 1.29 is 9.78 Å². The van der Waals surface area contributed by atoms with Gasteiger partial charge < -0.3 is 0 Å². The molecule has 0 aromatic heterocycles. The molecule has 1 aromatic rings. The van der Waals surface area contributed by atoms with Gasteiger partial charge in [-0.2, -0.15) is 0 Å². The molecule has 0 radical (unpaired) electrons. The van der Waals surface area contributed by atoms with E-state index in [1.165, 1.54) is 0 Å². The molecule has 0 N–H and O–H groups in total. The van der Waals surface area contributed by atoms with Crippen molar-refractivity contribution in [2.24, 2.45) is 16.2 Å². The molecule has 0 amide bonds. The van der Waals surface area contributed by atoms with Gasteiger partial charge in [-0.1, -0.05) is 78.8 Å². The fourth-order valence-corrected chi connectivity index (χ4v) is 3.22. The van der Waals surface area contributed by atoms with E-state index in [0.29, 0.717) is 6.61 Å². The van der Waals surface area contributed by atoms with Crippen LogP contribution in [0.5, 0.6) is 0 Å². The van der Waals surface area contributed by atoms with Crippen LogP contribution in [0.4, 0.5) is 0 Å². The molecular formula is C19H32O2. The van der Waals surface area contributed by atoms with Crippen molar-refractivity contribution in [3.63, 3.8) is 0 Å². The lowest BCUT2D eigenvalue weighted by atomic mass is 9.53. The monoisotopic (exact) mass is 292 g/mol. The number of rotatable bonds is 5. The highest BCUT2D eigenvalue weighted by molar-refractivity contribution is 5.13. The van der Waals surface area contributed by atoms with Crippen molar-refractivity contribution in [3.05, 3.63) is 35.9 Å². The van der Waals surface area contributed by atoms with Crippen molar-refractivity contribution in [2.45, 2.75) is 68.1 Å². The molecule has 0 aliphatic rings. The minimum absolute atomic E-state index is 0.00112. The molecule has 0 aliphatic heterocycles. The zero-order valence-corrected chi connectivity index (χ0v) is 15.0. The summed E-state index contributed by atoms with van der Waals surface area (Å²) in [7, 11) is 0. The van der Waals surface area contributed by atoms with Gasteiger partial charge in [-0.25, -0.2) is 9.78 Å². The van der Waals surface area contributed by atoms with E-state index in [2.05, 4.69) is 55.4 Å². The highest BCUT2D eigenvalue weighted by atomic mass is 17.2. The van der Waals surface area contributed by atoms with E-state index >= 15 is 0 Å². The first kappa shape index (κ1) is 18.2. The standard InChI is InChI=1S/C19H32O2/c1-15(19(8,17(2,3)4)18(5,6)7)21-20-14-16-12-10-9-11-13-16/h9-13,15H,14H2,1-8H3. The smallest absolute Gasteiger partial charge is 0.107 e. The van der Waals surface area contributed by atoms with Crippen LogP contribution in [0.3, 0.4) is 0 Å². The van der Waals surface area contributed by atoms with Gasteiger partial charge in [0.2, 0.25) is 0 Å². The minimum atomic E-state index is -0.0172. The Morgan fingerprint density at radius 2 is 1.33 bits per heavy atom. The summed E-state index contributed by atoms with van der Waals surface area (Å²) >= 11 is 0. The third-order valence-electron chi connectivity index (χ3n) is 5.21. The molecule has 1 aromatic carbocycles. The van der Waals surface area contributed by atoms with E-state index in [1.807, 2.05) is 30.3 Å². The Hall–Kier alpha value is -0.860. The van der Waals surface area contributed by atoms with Gasteiger partial charge in [0.15, 0.2) is 0 Å². The first-order valence-corrected chi connectivity index (χ1v) is 7.82. The summed E-state index contributed by atoms with van der Waals surface area (Å²) in [5, 5.41) is 0. The third kappa shape index (κ3) is 4.08. The number of hydrogen-bond donors (Lipinski definition) is 0. The van der Waals surface area contributed by atoms with E-state index in [-0.39, 0.29) is 22.3 Å². The summed E-state index contributed by atoms with van der Waals surface area (Å²) in [6.07, 6.45) is 0.00112. The molecule has 2 nitrogen and oxygen atoms in total. The van der Waals surface area contributed by atoms with E-state index in [9.17, 15) is 0 Å². The van der Waals surface area contributed by atoms with Crippen LogP contribution < -0.4 is 0 Å². The van der Waals surface area contributed by atoms with Gasteiger partial charge in [0, 0.05) is 5.41 Å². The molecule has 120 valence electrons. The van der Waals surface area contributed by atoms with Crippen molar-refractivity contribution in [3.8, 4) is 0 Å². The maximum Gasteiger partial charge on any atom is 0.107 e. The highest BCUT2D eigenvalue weighted by Crippen LogP contribution is 2.54. The fourth-order valence-electron chi connectivity index (χ4n) is 3.22. The third-order valence-corrected chi connectivity index (χ3v) is 5.21. The summed E-state index contributed by atoms with van der Waals surface area (Å²) < 4.78 is 0. The SMILES string of the molecule is CC(OOCc1ccccc1)C(C)(C(C)(C)C)C(C)(C)C. The van der Waals surface area contributed by atoms with Crippen LogP contribution in [-0.4, -0.2) is 6.10 Å². The van der Waals surface area contributed by atoms with Crippen molar-refractivity contribution >= 4 is 0 Å². The Morgan fingerprint density at radius 1 is 0.857 bits per heavy atom. The minimum Gasteiger partial charge on any atom is -0.233 e. The summed E-state index contributed by atoms with van der Waals surface area (Å²) in [6, 6.07) is 10.1. The molecular weight excluding hydrogens is 260 g/mol. The Balaban J connectivity index is 2.73. The number of benzene rings is 1. The largest absolute Gasteiger partial charge is 0.233 e. The Labute approximate surface area is 130 Å². The first-order chi connectivity index (χ1) is 9.50. The van der Waals surface area contributed by atoms with E-state index in [1.54, 1.807) is 0 Å². The van der Waals surface area contributed by atoms with Gasteiger partial charge in [0.05, 0.1) is 6.10 Å². The summed E-state index contributed by atoms with van der Waals surface area (Å²) in [5.74, 6) is 0. The summed E-state index contributed by atoms with van der Waals surface area (Å²) in [6.45, 7) is 18.5. The van der Waals surface area contributed by atoms with Crippen LogP contribution in [0, 0.1) is 16.2 Å². The lowest BCUT2D eigenvalue weighted by Gasteiger charge is -2.54. The molecule has 1 atom stereocenters. The lowest BCUT2D eigenvalue weighted by molar-refractivity contribution is -0.363. The predicted molar refractivity (Wildman–Crippen MR) is 88.8 cm³/mol. The second kappa shape index (κ2) is 6.50. The molecule has 0 heterocycles. The van der Waals surface area contributed by atoms with Crippen LogP contribution in [0.2, 0.25) is 0 Å². The second-order valence-electron chi connectivity index (χ2n) is 8.19. The summed E-state index contributed by atoms with van der Waals surface area (Å²) in [5.41, 5.74) is 1.33. The summed E-state index contributed by atoms with van der Waals surface area (Å²) in [4.78, 5) is 11.3. The zero-order valence-electron chi connectivity index (χ0n) is 15.0. The average molecular weight is 292 g/mol. The van der Waals surface area contributed by atoms with E-state index in [0.717, 1.165) is 5.56 Å². The molecule has 0 fully saturated rings. The molecule has 0 bridgehead atoms. The molecule has 1 rings (SSSR count). The van der Waals surface area contributed by atoms with E-state index in [4.69, 9.17) is 9.78 Å². The molecule has 1 unspecified atom stereocenters. The first-order valence-electron chi connectivity index (χ1n) is 7.82. The zero-order chi connectivity index (χ0) is 16.3. The molecule has 2 heteroatoms. The van der Waals surface area contributed by atoms with Crippen molar-refractivity contribution in [2.75, 3.05) is 0 Å².